The molecule has 16 heavy (non-hydrogen) atoms. The van der Waals surface area contributed by atoms with Gasteiger partial charge in [0, 0.05) is 12.7 Å². The van der Waals surface area contributed by atoms with Crippen molar-refractivity contribution in [3.05, 3.63) is 35.4 Å². The van der Waals surface area contributed by atoms with E-state index in [0.717, 1.165) is 0 Å². The van der Waals surface area contributed by atoms with Crippen molar-refractivity contribution in [2.45, 2.75) is 13.0 Å². The molecule has 0 bridgehead atoms. The van der Waals surface area contributed by atoms with Gasteiger partial charge in [0.25, 0.3) is 0 Å². The fraction of sp³-hybridized carbons (Fsp3) is 0.455. The Morgan fingerprint density at radius 1 is 1.25 bits per heavy atom. The highest BCUT2D eigenvalue weighted by atomic mass is 19.1. The minimum atomic E-state index is -0.588. The monoisotopic (exact) mass is 231 g/mol. The standard InChI is InChI=1S/C11H15F2NO2/c1-8(14-16-7-6-15-2)11-9(12)4-3-5-10(11)13/h3-5,8,14H,6-7H2,1-2H3. The number of hydrogen-bond donors (Lipinski definition) is 1. The van der Waals surface area contributed by atoms with Gasteiger partial charge in [0.05, 0.1) is 19.3 Å². The summed E-state index contributed by atoms with van der Waals surface area (Å²) in [7, 11) is 1.54. The molecule has 3 nitrogen and oxygen atoms in total. The minimum Gasteiger partial charge on any atom is -0.382 e. The number of nitrogens with one attached hydrogen (secondary N) is 1. The highest BCUT2D eigenvalue weighted by Crippen LogP contribution is 2.19. The Bertz CT molecular complexity index is 314. The van der Waals surface area contributed by atoms with Crippen molar-refractivity contribution < 1.29 is 18.4 Å². The Kier molecular flexibility index (Phi) is 5.31. The zero-order chi connectivity index (χ0) is 12.0. The third-order valence-corrected chi connectivity index (χ3v) is 2.08. The number of hydroxylamine groups is 1. The number of ether oxygens (including phenoxy) is 1. The third-order valence-electron chi connectivity index (χ3n) is 2.08. The zero-order valence-corrected chi connectivity index (χ0v) is 9.30. The molecule has 0 aliphatic heterocycles. The Morgan fingerprint density at radius 2 is 1.88 bits per heavy atom. The lowest BCUT2D eigenvalue weighted by Crippen LogP contribution is -2.23. The number of hydrogen-bond acceptors (Lipinski definition) is 3. The summed E-state index contributed by atoms with van der Waals surface area (Å²) < 4.78 is 31.4. The van der Waals surface area contributed by atoms with Gasteiger partial charge in [0.15, 0.2) is 0 Å². The average molecular weight is 231 g/mol. The number of benzene rings is 1. The second-order valence-corrected chi connectivity index (χ2v) is 3.32. The van der Waals surface area contributed by atoms with Crippen LogP contribution in [0.15, 0.2) is 18.2 Å². The molecule has 0 spiro atoms. The van der Waals surface area contributed by atoms with Crippen LogP contribution in [-0.2, 0) is 9.57 Å². The van der Waals surface area contributed by atoms with E-state index in [1.165, 1.54) is 18.2 Å². The average Bonchev–Trinajstić information content (AvgIpc) is 2.24. The molecule has 0 heterocycles. The van der Waals surface area contributed by atoms with Crippen LogP contribution in [0.25, 0.3) is 0 Å². The van der Waals surface area contributed by atoms with Gasteiger partial charge in [-0.1, -0.05) is 6.07 Å². The number of halogens is 2. The van der Waals surface area contributed by atoms with Gasteiger partial charge in [0.1, 0.15) is 11.6 Å². The molecule has 0 aliphatic carbocycles. The van der Waals surface area contributed by atoms with E-state index in [0.29, 0.717) is 13.2 Å². The fourth-order valence-corrected chi connectivity index (χ4v) is 1.29. The van der Waals surface area contributed by atoms with E-state index >= 15 is 0 Å². The maximum atomic E-state index is 13.3. The molecule has 1 aromatic carbocycles. The number of methoxy groups -OCH3 is 1. The zero-order valence-electron chi connectivity index (χ0n) is 9.30. The van der Waals surface area contributed by atoms with Crippen LogP contribution in [0.2, 0.25) is 0 Å². The van der Waals surface area contributed by atoms with Crippen LogP contribution in [-0.4, -0.2) is 20.3 Å². The molecule has 0 saturated carbocycles. The smallest absolute Gasteiger partial charge is 0.130 e. The van der Waals surface area contributed by atoms with Crippen LogP contribution < -0.4 is 5.48 Å². The van der Waals surface area contributed by atoms with Crippen LogP contribution in [0.1, 0.15) is 18.5 Å². The maximum absolute atomic E-state index is 13.3. The molecule has 1 aromatic rings. The SMILES string of the molecule is COCCONC(C)c1c(F)cccc1F. The van der Waals surface area contributed by atoms with E-state index in [1.807, 2.05) is 0 Å². The van der Waals surface area contributed by atoms with Crippen LogP contribution in [0, 0.1) is 11.6 Å². The Morgan fingerprint density at radius 3 is 2.44 bits per heavy atom. The summed E-state index contributed by atoms with van der Waals surface area (Å²) in [4.78, 5) is 4.99. The molecule has 0 radical (unpaired) electrons. The topological polar surface area (TPSA) is 30.5 Å². The van der Waals surface area contributed by atoms with Gasteiger partial charge in [0.2, 0.25) is 0 Å². The largest absolute Gasteiger partial charge is 0.382 e. The molecule has 90 valence electrons. The van der Waals surface area contributed by atoms with Crippen LogP contribution >= 0.6 is 0 Å². The molecule has 0 aliphatic rings. The summed E-state index contributed by atoms with van der Waals surface area (Å²) >= 11 is 0. The van der Waals surface area contributed by atoms with Gasteiger partial charge in [-0.15, -0.1) is 0 Å². The Labute approximate surface area is 93.3 Å². The number of rotatable bonds is 6. The molecule has 1 N–H and O–H groups in total. The lowest BCUT2D eigenvalue weighted by molar-refractivity contribution is -0.0103. The summed E-state index contributed by atoms with van der Waals surface area (Å²) in [5.74, 6) is -1.18. The van der Waals surface area contributed by atoms with Crippen molar-refractivity contribution >= 4 is 0 Å². The van der Waals surface area contributed by atoms with Gasteiger partial charge in [-0.25, -0.2) is 8.78 Å². The van der Waals surface area contributed by atoms with E-state index in [9.17, 15) is 8.78 Å². The molecule has 5 heteroatoms. The van der Waals surface area contributed by atoms with E-state index in [4.69, 9.17) is 9.57 Å². The van der Waals surface area contributed by atoms with Crippen LogP contribution in [0.3, 0.4) is 0 Å². The van der Waals surface area contributed by atoms with Crippen LogP contribution in [0.5, 0.6) is 0 Å². The van der Waals surface area contributed by atoms with Gasteiger partial charge in [-0.2, -0.15) is 5.48 Å². The molecule has 0 amide bonds. The van der Waals surface area contributed by atoms with Crippen molar-refractivity contribution in [2.24, 2.45) is 0 Å². The summed E-state index contributed by atoms with van der Waals surface area (Å²) in [6.07, 6.45) is 0. The minimum absolute atomic E-state index is 0.0279. The summed E-state index contributed by atoms with van der Waals surface area (Å²) in [5, 5.41) is 0. The van der Waals surface area contributed by atoms with Crippen LogP contribution in [0.4, 0.5) is 8.78 Å². The molecular formula is C11H15F2NO2. The second-order valence-electron chi connectivity index (χ2n) is 3.32. The van der Waals surface area contributed by atoms with Gasteiger partial charge < -0.3 is 4.74 Å². The van der Waals surface area contributed by atoms with Gasteiger partial charge in [-0.05, 0) is 19.1 Å². The van der Waals surface area contributed by atoms with E-state index < -0.39 is 17.7 Å². The molecule has 1 atom stereocenters. The summed E-state index contributed by atoms with van der Waals surface area (Å²) in [6.45, 7) is 2.35. The normalized spacial score (nSPS) is 12.8. The van der Waals surface area contributed by atoms with E-state index in [1.54, 1.807) is 14.0 Å². The van der Waals surface area contributed by atoms with Crippen molar-refractivity contribution in [3.63, 3.8) is 0 Å². The van der Waals surface area contributed by atoms with Crippen molar-refractivity contribution in [1.29, 1.82) is 0 Å². The van der Waals surface area contributed by atoms with Gasteiger partial charge >= 0.3 is 0 Å². The molecule has 1 unspecified atom stereocenters. The highest BCUT2D eigenvalue weighted by molar-refractivity contribution is 5.22. The van der Waals surface area contributed by atoms with Crippen molar-refractivity contribution in [2.75, 3.05) is 20.3 Å². The lowest BCUT2D eigenvalue weighted by Gasteiger charge is -2.15. The van der Waals surface area contributed by atoms with Gasteiger partial charge in [-0.3, -0.25) is 4.84 Å². The predicted molar refractivity (Wildman–Crippen MR) is 55.7 cm³/mol. The Hall–Kier alpha value is -1.04. The summed E-state index contributed by atoms with van der Waals surface area (Å²) in [6, 6.07) is 3.20. The van der Waals surface area contributed by atoms with E-state index in [2.05, 4.69) is 5.48 Å². The second kappa shape index (κ2) is 6.52. The molecule has 0 fully saturated rings. The van der Waals surface area contributed by atoms with Crippen molar-refractivity contribution in [3.8, 4) is 0 Å². The highest BCUT2D eigenvalue weighted by Gasteiger charge is 2.15. The van der Waals surface area contributed by atoms with E-state index in [-0.39, 0.29) is 5.56 Å². The lowest BCUT2D eigenvalue weighted by atomic mass is 10.1. The fourth-order valence-electron chi connectivity index (χ4n) is 1.29. The third kappa shape index (κ3) is 3.52. The summed E-state index contributed by atoms with van der Waals surface area (Å²) in [5.41, 5.74) is 2.53. The first kappa shape index (κ1) is 13.0. The quantitative estimate of drug-likeness (QED) is 0.601. The molecule has 0 saturated heterocycles. The molecular weight excluding hydrogens is 216 g/mol. The first-order chi connectivity index (χ1) is 7.66. The maximum Gasteiger partial charge on any atom is 0.130 e. The Balaban J connectivity index is 2.55. The predicted octanol–water partition coefficient (Wildman–Crippen LogP) is 2.19. The molecule has 0 aromatic heterocycles. The molecule has 1 rings (SSSR count). The first-order valence-corrected chi connectivity index (χ1v) is 4.97. The van der Waals surface area contributed by atoms with Crippen molar-refractivity contribution in [1.82, 2.24) is 5.48 Å². The first-order valence-electron chi connectivity index (χ1n) is 4.97.